The van der Waals surface area contributed by atoms with Gasteiger partial charge in [0.25, 0.3) is 0 Å². The number of esters is 1. The zero-order valence-corrected chi connectivity index (χ0v) is 13.9. The number of aliphatic hydroxyl groups is 2. The van der Waals surface area contributed by atoms with Crippen LogP contribution >= 0.6 is 0 Å². The topological polar surface area (TPSA) is 154 Å². The van der Waals surface area contributed by atoms with E-state index in [9.17, 15) is 35.1 Å². The van der Waals surface area contributed by atoms with E-state index in [-0.39, 0.29) is 24.3 Å². The van der Waals surface area contributed by atoms with E-state index in [1.54, 1.807) is 0 Å². The summed E-state index contributed by atoms with van der Waals surface area (Å²) in [7, 11) is 1.16. The van der Waals surface area contributed by atoms with E-state index in [0.29, 0.717) is 5.56 Å². The van der Waals surface area contributed by atoms with E-state index in [0.717, 1.165) is 13.2 Å². The monoisotopic (exact) mass is 368 g/mol. The summed E-state index contributed by atoms with van der Waals surface area (Å²) in [5.74, 6) is -2.89. The first-order chi connectivity index (χ1) is 12.2. The maximum Gasteiger partial charge on any atom is 0.336 e. The van der Waals surface area contributed by atoms with Crippen molar-refractivity contribution in [3.05, 3.63) is 29.8 Å². The second-order valence-electron chi connectivity index (χ2n) is 6.03. The molecule has 26 heavy (non-hydrogen) atoms. The largest absolute Gasteiger partial charge is 0.504 e. The van der Waals surface area contributed by atoms with Crippen molar-refractivity contribution < 1.29 is 44.6 Å². The molecule has 0 unspecified atom stereocenters. The van der Waals surface area contributed by atoms with Crippen molar-refractivity contribution in [1.82, 2.24) is 0 Å². The molecule has 0 aliphatic heterocycles. The van der Waals surface area contributed by atoms with Gasteiger partial charge in [0.2, 0.25) is 0 Å². The molecule has 0 spiro atoms. The Labute approximate surface area is 148 Å². The van der Waals surface area contributed by atoms with Gasteiger partial charge in [0.05, 0.1) is 6.10 Å². The number of aliphatic carboxylic acids is 1. The maximum atomic E-state index is 12.0. The van der Waals surface area contributed by atoms with Gasteiger partial charge in [-0.15, -0.1) is 0 Å². The van der Waals surface area contributed by atoms with Crippen molar-refractivity contribution in [3.63, 3.8) is 0 Å². The predicted octanol–water partition coefficient (Wildman–Crippen LogP) is 0.00820. The van der Waals surface area contributed by atoms with E-state index in [2.05, 4.69) is 0 Å². The first kappa shape index (κ1) is 19.7. The molecule has 2 rings (SSSR count). The number of carboxylic acid groups (broad SMARTS) is 1. The zero-order chi connectivity index (χ0) is 19.5. The van der Waals surface area contributed by atoms with Crippen LogP contribution < -0.4 is 0 Å². The number of rotatable bonds is 5. The van der Waals surface area contributed by atoms with Crippen LogP contribution in [0.4, 0.5) is 0 Å². The molecular formula is C17H20O9. The van der Waals surface area contributed by atoms with E-state index < -0.39 is 35.9 Å². The zero-order valence-electron chi connectivity index (χ0n) is 13.9. The molecule has 1 saturated carbocycles. The number of aliphatic hydroxyl groups excluding tert-OH is 2. The second kappa shape index (κ2) is 7.73. The van der Waals surface area contributed by atoms with Gasteiger partial charge in [0.15, 0.2) is 17.1 Å². The Morgan fingerprint density at radius 1 is 1.19 bits per heavy atom. The van der Waals surface area contributed by atoms with Gasteiger partial charge in [-0.05, 0) is 23.8 Å². The molecule has 0 bridgehead atoms. The Balaban J connectivity index is 2.09. The average Bonchev–Trinajstić information content (AvgIpc) is 2.59. The van der Waals surface area contributed by atoms with Crippen molar-refractivity contribution in [2.45, 2.75) is 36.8 Å². The third-order valence-corrected chi connectivity index (χ3v) is 4.30. The van der Waals surface area contributed by atoms with Crippen LogP contribution in [-0.2, 0) is 19.1 Å². The Kier molecular flexibility index (Phi) is 5.86. The van der Waals surface area contributed by atoms with Crippen LogP contribution in [0.2, 0.25) is 0 Å². The van der Waals surface area contributed by atoms with Crippen LogP contribution in [-0.4, -0.2) is 68.5 Å². The lowest BCUT2D eigenvalue weighted by Crippen LogP contribution is -2.57. The molecule has 1 aromatic carbocycles. The van der Waals surface area contributed by atoms with Crippen LogP contribution in [0.15, 0.2) is 24.3 Å². The summed E-state index contributed by atoms with van der Waals surface area (Å²) in [6, 6.07) is 3.90. The van der Waals surface area contributed by atoms with E-state index in [1.807, 2.05) is 0 Å². The fraction of sp³-hybridized carbons (Fsp3) is 0.412. The van der Waals surface area contributed by atoms with Gasteiger partial charge in [-0.2, -0.15) is 0 Å². The summed E-state index contributed by atoms with van der Waals surface area (Å²) in [6.07, 6.45) is -2.51. The van der Waals surface area contributed by atoms with Gasteiger partial charge in [0, 0.05) is 26.0 Å². The highest BCUT2D eigenvalue weighted by Gasteiger charge is 2.51. The van der Waals surface area contributed by atoms with Gasteiger partial charge in [-0.25, -0.2) is 9.59 Å². The molecule has 1 aromatic rings. The van der Waals surface area contributed by atoms with Crippen molar-refractivity contribution in [2.24, 2.45) is 0 Å². The molecule has 4 atom stereocenters. The molecule has 0 radical (unpaired) electrons. The molecule has 0 saturated heterocycles. The molecule has 1 aliphatic rings. The van der Waals surface area contributed by atoms with Gasteiger partial charge in [-0.1, -0.05) is 6.07 Å². The minimum atomic E-state index is -1.77. The SMILES string of the molecule is CO[C@@]1(C(=O)O)C[C@@H](O)[C@@H](O)[C@H](OC(=O)/C=C/c2ccc(O)c(O)c2)C1. The Hall–Kier alpha value is -2.62. The highest BCUT2D eigenvalue weighted by Crippen LogP contribution is 2.34. The molecule has 0 heterocycles. The highest BCUT2D eigenvalue weighted by molar-refractivity contribution is 5.87. The number of phenols is 2. The summed E-state index contributed by atoms with van der Waals surface area (Å²) in [6.45, 7) is 0. The van der Waals surface area contributed by atoms with Crippen LogP contribution in [0.5, 0.6) is 11.5 Å². The third-order valence-electron chi connectivity index (χ3n) is 4.30. The van der Waals surface area contributed by atoms with Crippen molar-refractivity contribution in [2.75, 3.05) is 7.11 Å². The van der Waals surface area contributed by atoms with Crippen LogP contribution in [0.25, 0.3) is 6.08 Å². The van der Waals surface area contributed by atoms with E-state index in [1.165, 1.54) is 24.3 Å². The lowest BCUT2D eigenvalue weighted by molar-refractivity contribution is -0.201. The number of phenolic OH excluding ortho intramolecular Hbond substituents is 2. The van der Waals surface area contributed by atoms with Crippen molar-refractivity contribution in [1.29, 1.82) is 0 Å². The van der Waals surface area contributed by atoms with Gasteiger partial charge < -0.3 is 35.0 Å². The lowest BCUT2D eigenvalue weighted by atomic mass is 9.79. The maximum absolute atomic E-state index is 12.0. The number of carboxylic acids is 1. The number of methoxy groups -OCH3 is 1. The smallest absolute Gasteiger partial charge is 0.336 e. The summed E-state index contributed by atoms with van der Waals surface area (Å²) in [5, 5.41) is 47.8. The van der Waals surface area contributed by atoms with Crippen LogP contribution in [0.1, 0.15) is 18.4 Å². The van der Waals surface area contributed by atoms with Gasteiger partial charge in [-0.3, -0.25) is 0 Å². The number of benzene rings is 1. The van der Waals surface area contributed by atoms with Gasteiger partial charge >= 0.3 is 11.9 Å². The molecule has 1 aliphatic carbocycles. The van der Waals surface area contributed by atoms with E-state index >= 15 is 0 Å². The number of hydrogen-bond donors (Lipinski definition) is 5. The van der Waals surface area contributed by atoms with Crippen LogP contribution in [0.3, 0.4) is 0 Å². The molecule has 9 nitrogen and oxygen atoms in total. The highest BCUT2D eigenvalue weighted by atomic mass is 16.6. The quantitative estimate of drug-likeness (QED) is 0.275. The van der Waals surface area contributed by atoms with Crippen molar-refractivity contribution >= 4 is 18.0 Å². The second-order valence-corrected chi connectivity index (χ2v) is 6.03. The molecule has 0 aromatic heterocycles. The summed E-state index contributed by atoms with van der Waals surface area (Å²) >= 11 is 0. The Morgan fingerprint density at radius 3 is 2.46 bits per heavy atom. The number of ether oxygens (including phenoxy) is 2. The Morgan fingerprint density at radius 2 is 1.88 bits per heavy atom. The lowest BCUT2D eigenvalue weighted by Gasteiger charge is -2.41. The fourth-order valence-corrected chi connectivity index (χ4v) is 2.77. The number of carbonyl (C=O) groups excluding carboxylic acids is 1. The predicted molar refractivity (Wildman–Crippen MR) is 87.3 cm³/mol. The standard InChI is InChI=1S/C17H20O9/c1-25-17(16(23)24)7-12(20)15(22)13(8-17)26-14(21)5-3-9-2-4-10(18)11(19)6-9/h2-6,12-13,15,18-20,22H,7-8H2,1H3,(H,23,24)/b5-3+/t12-,13-,15-,17+/m1/s1. The number of carbonyl (C=O) groups is 2. The summed E-state index contributed by atoms with van der Waals surface area (Å²) in [5.41, 5.74) is -1.37. The Bertz CT molecular complexity index is 714. The van der Waals surface area contributed by atoms with Crippen LogP contribution in [0, 0.1) is 0 Å². The first-order valence-electron chi connectivity index (χ1n) is 7.74. The molecule has 5 N–H and O–H groups in total. The molecule has 1 fully saturated rings. The normalized spacial score (nSPS) is 28.8. The number of hydrogen-bond acceptors (Lipinski definition) is 8. The minimum Gasteiger partial charge on any atom is -0.504 e. The van der Waals surface area contributed by atoms with E-state index in [4.69, 9.17) is 9.47 Å². The average molecular weight is 368 g/mol. The molecule has 142 valence electrons. The minimum absolute atomic E-state index is 0.311. The first-order valence-corrected chi connectivity index (χ1v) is 7.74. The fourth-order valence-electron chi connectivity index (χ4n) is 2.77. The summed E-state index contributed by atoms with van der Waals surface area (Å²) < 4.78 is 10.1. The van der Waals surface area contributed by atoms with Crippen molar-refractivity contribution in [3.8, 4) is 11.5 Å². The number of aromatic hydroxyl groups is 2. The molecule has 0 amide bonds. The third kappa shape index (κ3) is 4.13. The molecule has 9 heteroatoms. The van der Waals surface area contributed by atoms with Gasteiger partial charge in [0.1, 0.15) is 12.2 Å². The molecular weight excluding hydrogens is 348 g/mol. The summed E-state index contributed by atoms with van der Waals surface area (Å²) in [4.78, 5) is 23.4.